The molecule has 0 saturated heterocycles. The minimum absolute atomic E-state index is 0.0661. The number of anilines is 1. The van der Waals surface area contributed by atoms with Crippen molar-refractivity contribution < 1.29 is 9.90 Å². The molecule has 0 bridgehead atoms. The van der Waals surface area contributed by atoms with E-state index in [2.05, 4.69) is 18.4 Å². The number of nitrogens with zero attached hydrogens (tertiary/aromatic N) is 2. The van der Waals surface area contributed by atoms with Crippen LogP contribution in [0.1, 0.15) is 28.4 Å². The average molecular weight is 321 g/mol. The Labute approximate surface area is 140 Å². The Hall–Kier alpha value is -2.79. The Kier molecular flexibility index (Phi) is 3.50. The number of hydrogen-bond acceptors (Lipinski definition) is 4. The molecular weight excluding hydrogens is 302 g/mol. The number of hydrazine groups is 1. The van der Waals surface area contributed by atoms with Gasteiger partial charge in [-0.1, -0.05) is 24.3 Å². The van der Waals surface area contributed by atoms with Gasteiger partial charge >= 0.3 is 0 Å². The minimum atomic E-state index is -0.106. The number of rotatable bonds is 3. The van der Waals surface area contributed by atoms with Gasteiger partial charge in [0.05, 0.1) is 11.3 Å². The predicted molar refractivity (Wildman–Crippen MR) is 92.3 cm³/mol. The zero-order chi connectivity index (χ0) is 16.7. The zero-order valence-electron chi connectivity index (χ0n) is 13.4. The highest BCUT2D eigenvalue weighted by atomic mass is 16.3. The fourth-order valence-corrected chi connectivity index (χ4v) is 3.19. The third kappa shape index (κ3) is 2.53. The zero-order valence-corrected chi connectivity index (χ0v) is 13.4. The van der Waals surface area contributed by atoms with Crippen LogP contribution in [0.15, 0.2) is 54.7 Å². The first-order valence-corrected chi connectivity index (χ1v) is 8.04. The van der Waals surface area contributed by atoms with Crippen LogP contribution >= 0.6 is 0 Å². The molecule has 2 aromatic rings. The molecular formula is C19H19N3O2. The van der Waals surface area contributed by atoms with Crippen molar-refractivity contribution in [2.45, 2.75) is 26.1 Å². The Bertz CT molecular complexity index is 814. The SMILES string of the molecule is CC1C=CN(c2ccc(CN3Cc4cccc(O)c4C3=O)cc2)N1. The molecule has 0 spiro atoms. The third-order valence-electron chi connectivity index (χ3n) is 4.45. The van der Waals surface area contributed by atoms with Crippen molar-refractivity contribution in [1.82, 2.24) is 10.3 Å². The molecule has 0 aromatic heterocycles. The van der Waals surface area contributed by atoms with Crippen LogP contribution in [0, 0.1) is 0 Å². The monoisotopic (exact) mass is 321 g/mol. The minimum Gasteiger partial charge on any atom is -0.507 e. The second-order valence-corrected chi connectivity index (χ2v) is 6.27. The van der Waals surface area contributed by atoms with E-state index < -0.39 is 0 Å². The maximum Gasteiger partial charge on any atom is 0.258 e. The Morgan fingerprint density at radius 2 is 2.00 bits per heavy atom. The highest BCUT2D eigenvalue weighted by molar-refractivity contribution is 6.00. The molecule has 0 saturated carbocycles. The summed E-state index contributed by atoms with van der Waals surface area (Å²) in [5, 5.41) is 11.9. The molecule has 1 amide bonds. The van der Waals surface area contributed by atoms with Crippen LogP contribution in [0.25, 0.3) is 0 Å². The Balaban J connectivity index is 1.48. The lowest BCUT2D eigenvalue weighted by Crippen LogP contribution is -2.33. The van der Waals surface area contributed by atoms with Crippen molar-refractivity contribution in [3.63, 3.8) is 0 Å². The summed E-state index contributed by atoms with van der Waals surface area (Å²) in [4.78, 5) is 14.2. The van der Waals surface area contributed by atoms with E-state index in [1.54, 1.807) is 17.0 Å². The molecule has 5 heteroatoms. The maximum atomic E-state index is 12.5. The molecule has 24 heavy (non-hydrogen) atoms. The van der Waals surface area contributed by atoms with Crippen LogP contribution in [-0.2, 0) is 13.1 Å². The first-order valence-electron chi connectivity index (χ1n) is 8.04. The van der Waals surface area contributed by atoms with E-state index in [0.29, 0.717) is 24.7 Å². The van der Waals surface area contributed by atoms with Crippen molar-refractivity contribution in [2.24, 2.45) is 0 Å². The molecule has 0 aliphatic carbocycles. The summed E-state index contributed by atoms with van der Waals surface area (Å²) in [6.07, 6.45) is 4.11. The number of carbonyl (C=O) groups excluding carboxylic acids is 1. The van der Waals surface area contributed by atoms with E-state index in [-0.39, 0.29) is 11.7 Å². The second-order valence-electron chi connectivity index (χ2n) is 6.27. The lowest BCUT2D eigenvalue weighted by molar-refractivity contribution is 0.0764. The fourth-order valence-electron chi connectivity index (χ4n) is 3.19. The second kappa shape index (κ2) is 5.69. The highest BCUT2D eigenvalue weighted by Crippen LogP contribution is 2.31. The molecule has 122 valence electrons. The lowest BCUT2D eigenvalue weighted by Gasteiger charge is -2.19. The van der Waals surface area contributed by atoms with E-state index in [1.165, 1.54) is 0 Å². The Morgan fingerprint density at radius 1 is 1.21 bits per heavy atom. The molecule has 2 N–H and O–H groups in total. The van der Waals surface area contributed by atoms with E-state index in [0.717, 1.165) is 16.8 Å². The van der Waals surface area contributed by atoms with E-state index >= 15 is 0 Å². The summed E-state index contributed by atoms with van der Waals surface area (Å²) in [6, 6.07) is 13.7. The van der Waals surface area contributed by atoms with Gasteiger partial charge in [-0.2, -0.15) is 0 Å². The number of carbonyl (C=O) groups is 1. The third-order valence-corrected chi connectivity index (χ3v) is 4.45. The quantitative estimate of drug-likeness (QED) is 0.913. The normalized spacial score (nSPS) is 19.2. The summed E-state index contributed by atoms with van der Waals surface area (Å²) in [6.45, 7) is 3.17. The standard InChI is InChI=1S/C19H19N3O2/c1-13-9-10-22(20-13)16-7-5-14(6-8-16)11-21-12-15-3-2-4-17(23)18(15)19(21)24/h2-10,13,20,23H,11-12H2,1H3. The molecule has 1 atom stereocenters. The summed E-state index contributed by atoms with van der Waals surface area (Å²) < 4.78 is 0. The molecule has 1 unspecified atom stereocenters. The van der Waals surface area contributed by atoms with Crippen LogP contribution < -0.4 is 10.4 Å². The average Bonchev–Trinajstić information content (AvgIpc) is 3.13. The number of phenolic OH excluding ortho intramolecular Hbond substituents is 1. The van der Waals surface area contributed by atoms with Crippen LogP contribution in [-0.4, -0.2) is 22.0 Å². The summed E-state index contributed by atoms with van der Waals surface area (Å²) in [5.41, 5.74) is 6.77. The number of benzene rings is 2. The van der Waals surface area contributed by atoms with Crippen LogP contribution in [0.2, 0.25) is 0 Å². The van der Waals surface area contributed by atoms with Gasteiger partial charge in [-0.3, -0.25) is 9.80 Å². The van der Waals surface area contributed by atoms with Crippen LogP contribution in [0.5, 0.6) is 5.75 Å². The van der Waals surface area contributed by atoms with Gasteiger partial charge in [-0.25, -0.2) is 5.43 Å². The van der Waals surface area contributed by atoms with Gasteiger partial charge in [-0.15, -0.1) is 0 Å². The van der Waals surface area contributed by atoms with Gasteiger partial charge in [0.25, 0.3) is 5.91 Å². The number of amides is 1. The van der Waals surface area contributed by atoms with E-state index in [9.17, 15) is 9.90 Å². The van der Waals surface area contributed by atoms with Gasteiger partial charge < -0.3 is 10.0 Å². The van der Waals surface area contributed by atoms with Crippen LogP contribution in [0.3, 0.4) is 0 Å². The van der Waals surface area contributed by atoms with Crippen LogP contribution in [0.4, 0.5) is 5.69 Å². The van der Waals surface area contributed by atoms with Gasteiger partial charge in [0.2, 0.25) is 0 Å². The topological polar surface area (TPSA) is 55.8 Å². The van der Waals surface area contributed by atoms with Crippen molar-refractivity contribution >= 4 is 11.6 Å². The number of hydrogen-bond donors (Lipinski definition) is 2. The Morgan fingerprint density at radius 3 is 2.67 bits per heavy atom. The fraction of sp³-hybridized carbons (Fsp3) is 0.211. The summed E-state index contributed by atoms with van der Waals surface area (Å²) >= 11 is 0. The first kappa shape index (κ1) is 14.8. The van der Waals surface area contributed by atoms with Gasteiger partial charge in [0, 0.05) is 25.3 Å². The molecule has 2 aliphatic heterocycles. The summed E-state index contributed by atoms with van der Waals surface area (Å²) in [5.74, 6) is -0.0403. The number of phenols is 1. The van der Waals surface area contributed by atoms with Gasteiger partial charge in [0.15, 0.2) is 0 Å². The maximum absolute atomic E-state index is 12.5. The molecule has 2 aromatic carbocycles. The van der Waals surface area contributed by atoms with Gasteiger partial charge in [-0.05, 0) is 42.3 Å². The molecule has 2 aliphatic rings. The van der Waals surface area contributed by atoms with Crippen molar-refractivity contribution in [3.8, 4) is 5.75 Å². The van der Waals surface area contributed by atoms with Gasteiger partial charge in [0.1, 0.15) is 5.75 Å². The van der Waals surface area contributed by atoms with E-state index in [4.69, 9.17) is 0 Å². The van der Waals surface area contributed by atoms with Crippen molar-refractivity contribution in [2.75, 3.05) is 5.01 Å². The number of nitrogens with one attached hydrogen (secondary N) is 1. The predicted octanol–water partition coefficient (Wildman–Crippen LogP) is 2.78. The molecule has 0 fully saturated rings. The number of fused-ring (bicyclic) bond motifs is 1. The van der Waals surface area contributed by atoms with Crippen molar-refractivity contribution in [3.05, 3.63) is 71.4 Å². The lowest BCUT2D eigenvalue weighted by atomic mass is 10.1. The number of aromatic hydroxyl groups is 1. The first-order chi connectivity index (χ1) is 11.6. The van der Waals surface area contributed by atoms with E-state index in [1.807, 2.05) is 41.5 Å². The smallest absolute Gasteiger partial charge is 0.258 e. The molecule has 0 radical (unpaired) electrons. The summed E-state index contributed by atoms with van der Waals surface area (Å²) in [7, 11) is 0. The molecule has 5 nitrogen and oxygen atoms in total. The largest absolute Gasteiger partial charge is 0.507 e. The highest BCUT2D eigenvalue weighted by Gasteiger charge is 2.29. The van der Waals surface area contributed by atoms with Crippen molar-refractivity contribution in [1.29, 1.82) is 0 Å². The molecule has 4 rings (SSSR count). The molecule has 2 heterocycles.